The standard InChI is InChI=1S/C10H13F3N2OS/c1-2-3-4-5-8(16)15-9-14-7(6-17-9)10(11,12)13/h6H,2-5H2,1H3,(H,14,15,16). The SMILES string of the molecule is CCCCCC(=O)Nc1nc(C(F)(F)F)cs1. The van der Waals surface area contributed by atoms with Crippen LogP contribution in [0.5, 0.6) is 0 Å². The molecule has 0 aromatic carbocycles. The molecule has 3 nitrogen and oxygen atoms in total. The molecular formula is C10H13F3N2OS. The second-order valence-corrected chi connectivity index (χ2v) is 4.40. The van der Waals surface area contributed by atoms with E-state index in [1.54, 1.807) is 0 Å². The molecule has 0 aliphatic rings. The van der Waals surface area contributed by atoms with Gasteiger partial charge in [-0.15, -0.1) is 11.3 Å². The van der Waals surface area contributed by atoms with Gasteiger partial charge in [0, 0.05) is 11.8 Å². The van der Waals surface area contributed by atoms with Gasteiger partial charge in [0.05, 0.1) is 0 Å². The van der Waals surface area contributed by atoms with Crippen LogP contribution in [0, 0.1) is 0 Å². The molecule has 1 heterocycles. The number of rotatable bonds is 5. The molecule has 1 N–H and O–H groups in total. The minimum absolute atomic E-state index is 0.00109. The van der Waals surface area contributed by atoms with Gasteiger partial charge >= 0.3 is 6.18 Å². The third-order valence-corrected chi connectivity index (χ3v) is 2.81. The Hall–Kier alpha value is -1.11. The third kappa shape index (κ3) is 4.72. The average molecular weight is 266 g/mol. The van der Waals surface area contributed by atoms with Gasteiger partial charge in [-0.2, -0.15) is 13.2 Å². The summed E-state index contributed by atoms with van der Waals surface area (Å²) in [5, 5.41) is 3.25. The fraction of sp³-hybridized carbons (Fsp3) is 0.600. The molecule has 1 aromatic heterocycles. The Labute approximate surface area is 101 Å². The van der Waals surface area contributed by atoms with E-state index in [4.69, 9.17) is 0 Å². The molecule has 7 heteroatoms. The molecule has 1 rings (SSSR count). The van der Waals surface area contributed by atoms with Crippen LogP contribution < -0.4 is 5.32 Å². The highest BCUT2D eigenvalue weighted by Crippen LogP contribution is 2.31. The molecule has 0 radical (unpaired) electrons. The number of halogens is 3. The Morgan fingerprint density at radius 1 is 1.47 bits per heavy atom. The number of nitrogens with one attached hydrogen (secondary N) is 1. The molecule has 0 saturated carbocycles. The number of unbranched alkanes of at least 4 members (excludes halogenated alkanes) is 2. The van der Waals surface area contributed by atoms with Crippen LogP contribution in [0.4, 0.5) is 18.3 Å². The summed E-state index contributed by atoms with van der Waals surface area (Å²) < 4.78 is 36.7. The average Bonchev–Trinajstić information content (AvgIpc) is 2.66. The van der Waals surface area contributed by atoms with Gasteiger partial charge in [0.25, 0.3) is 0 Å². The van der Waals surface area contributed by atoms with Gasteiger partial charge in [-0.1, -0.05) is 19.8 Å². The molecule has 96 valence electrons. The molecule has 0 aliphatic carbocycles. The first-order chi connectivity index (χ1) is 7.93. The van der Waals surface area contributed by atoms with E-state index in [0.29, 0.717) is 6.42 Å². The topological polar surface area (TPSA) is 42.0 Å². The number of hydrogen-bond donors (Lipinski definition) is 1. The fourth-order valence-corrected chi connectivity index (χ4v) is 1.91. The highest BCUT2D eigenvalue weighted by atomic mass is 32.1. The number of carbonyl (C=O) groups is 1. The molecule has 0 fully saturated rings. The van der Waals surface area contributed by atoms with Crippen molar-refractivity contribution >= 4 is 22.4 Å². The number of hydrogen-bond acceptors (Lipinski definition) is 3. The summed E-state index contributed by atoms with van der Waals surface area (Å²) in [4.78, 5) is 14.6. The number of thiazole rings is 1. The van der Waals surface area contributed by atoms with Crippen LogP contribution in [-0.4, -0.2) is 10.9 Å². The second kappa shape index (κ2) is 6.00. The lowest BCUT2D eigenvalue weighted by atomic mass is 10.2. The van der Waals surface area contributed by atoms with Crippen molar-refractivity contribution < 1.29 is 18.0 Å². The van der Waals surface area contributed by atoms with Crippen molar-refractivity contribution in [3.05, 3.63) is 11.1 Å². The van der Waals surface area contributed by atoms with Crippen LogP contribution in [0.2, 0.25) is 0 Å². The molecule has 1 amide bonds. The summed E-state index contributed by atoms with van der Waals surface area (Å²) in [6.45, 7) is 2.01. The van der Waals surface area contributed by atoms with E-state index in [1.807, 2.05) is 6.92 Å². The van der Waals surface area contributed by atoms with Crippen molar-refractivity contribution in [3.8, 4) is 0 Å². The first-order valence-electron chi connectivity index (χ1n) is 5.26. The van der Waals surface area contributed by atoms with Crippen molar-refractivity contribution in [2.45, 2.75) is 38.8 Å². The summed E-state index contributed by atoms with van der Waals surface area (Å²) in [7, 11) is 0. The van der Waals surface area contributed by atoms with Crippen LogP contribution in [0.3, 0.4) is 0 Å². The Morgan fingerprint density at radius 3 is 2.71 bits per heavy atom. The van der Waals surface area contributed by atoms with E-state index in [9.17, 15) is 18.0 Å². The van der Waals surface area contributed by atoms with Gasteiger partial charge < -0.3 is 5.32 Å². The van der Waals surface area contributed by atoms with Crippen LogP contribution in [-0.2, 0) is 11.0 Å². The van der Waals surface area contributed by atoms with E-state index in [2.05, 4.69) is 10.3 Å². The van der Waals surface area contributed by atoms with Gasteiger partial charge in [0.2, 0.25) is 5.91 Å². The number of alkyl halides is 3. The van der Waals surface area contributed by atoms with Crippen molar-refractivity contribution in [2.24, 2.45) is 0 Å². The Balaban J connectivity index is 2.46. The van der Waals surface area contributed by atoms with Crippen molar-refractivity contribution in [1.82, 2.24) is 4.98 Å². The van der Waals surface area contributed by atoms with Crippen molar-refractivity contribution in [1.29, 1.82) is 0 Å². The lowest BCUT2D eigenvalue weighted by Gasteiger charge is -2.02. The molecule has 0 saturated heterocycles. The first kappa shape index (κ1) is 14.0. The zero-order chi connectivity index (χ0) is 12.9. The monoisotopic (exact) mass is 266 g/mol. The number of amides is 1. The van der Waals surface area contributed by atoms with Gasteiger partial charge in [-0.3, -0.25) is 4.79 Å². The van der Waals surface area contributed by atoms with Gasteiger partial charge in [-0.05, 0) is 6.42 Å². The Morgan fingerprint density at radius 2 is 2.18 bits per heavy atom. The summed E-state index contributed by atoms with van der Waals surface area (Å²) in [5.41, 5.74) is -0.966. The predicted octanol–water partition coefficient (Wildman–Crippen LogP) is 3.68. The third-order valence-electron chi connectivity index (χ3n) is 2.05. The minimum Gasteiger partial charge on any atom is -0.302 e. The number of carbonyl (C=O) groups excluding carboxylic acids is 1. The number of nitrogens with zero attached hydrogens (tertiary/aromatic N) is 1. The van der Waals surface area contributed by atoms with Crippen molar-refractivity contribution in [2.75, 3.05) is 5.32 Å². The number of aromatic nitrogens is 1. The second-order valence-electron chi connectivity index (χ2n) is 3.54. The molecule has 0 atom stereocenters. The van der Waals surface area contributed by atoms with E-state index in [1.165, 1.54) is 0 Å². The summed E-state index contributed by atoms with van der Waals surface area (Å²) in [5.74, 6) is -0.290. The Bertz CT molecular complexity index is 376. The maximum atomic E-state index is 12.2. The quantitative estimate of drug-likeness (QED) is 0.826. The predicted molar refractivity (Wildman–Crippen MR) is 59.9 cm³/mol. The first-order valence-corrected chi connectivity index (χ1v) is 6.14. The van der Waals surface area contributed by atoms with E-state index < -0.39 is 11.9 Å². The summed E-state index contributed by atoms with van der Waals surface area (Å²) >= 11 is 0.781. The molecule has 0 bridgehead atoms. The van der Waals surface area contributed by atoms with E-state index in [0.717, 1.165) is 36.0 Å². The van der Waals surface area contributed by atoms with Gasteiger partial charge in [-0.25, -0.2) is 4.98 Å². The molecule has 0 unspecified atom stereocenters. The lowest BCUT2D eigenvalue weighted by molar-refractivity contribution is -0.140. The largest absolute Gasteiger partial charge is 0.434 e. The highest BCUT2D eigenvalue weighted by molar-refractivity contribution is 7.13. The number of anilines is 1. The van der Waals surface area contributed by atoms with E-state index >= 15 is 0 Å². The Kier molecular flexibility index (Phi) is 4.92. The maximum absolute atomic E-state index is 12.2. The van der Waals surface area contributed by atoms with Crippen LogP contribution in [0.15, 0.2) is 5.38 Å². The van der Waals surface area contributed by atoms with Crippen molar-refractivity contribution in [3.63, 3.8) is 0 Å². The molecule has 0 aliphatic heterocycles. The zero-order valence-corrected chi connectivity index (χ0v) is 10.1. The summed E-state index contributed by atoms with van der Waals surface area (Å²) in [6.07, 6.45) is -1.49. The van der Waals surface area contributed by atoms with E-state index in [-0.39, 0.29) is 11.0 Å². The molecule has 0 spiro atoms. The highest BCUT2D eigenvalue weighted by Gasteiger charge is 2.33. The normalized spacial score (nSPS) is 11.5. The minimum atomic E-state index is -4.46. The maximum Gasteiger partial charge on any atom is 0.434 e. The lowest BCUT2D eigenvalue weighted by Crippen LogP contribution is -2.12. The molecular weight excluding hydrogens is 253 g/mol. The summed E-state index contributed by atoms with van der Waals surface area (Å²) in [6, 6.07) is 0. The van der Waals surface area contributed by atoms with Gasteiger partial charge in [0.1, 0.15) is 0 Å². The fourth-order valence-electron chi connectivity index (χ4n) is 1.18. The van der Waals surface area contributed by atoms with Crippen LogP contribution >= 0.6 is 11.3 Å². The molecule has 1 aromatic rings. The molecule has 17 heavy (non-hydrogen) atoms. The van der Waals surface area contributed by atoms with Gasteiger partial charge in [0.15, 0.2) is 10.8 Å². The zero-order valence-electron chi connectivity index (χ0n) is 9.30. The smallest absolute Gasteiger partial charge is 0.302 e. The van der Waals surface area contributed by atoms with Crippen LogP contribution in [0.1, 0.15) is 38.3 Å². The van der Waals surface area contributed by atoms with Crippen LogP contribution in [0.25, 0.3) is 0 Å².